The van der Waals surface area contributed by atoms with Crippen molar-refractivity contribution in [2.75, 3.05) is 5.32 Å². The zero-order valence-electron chi connectivity index (χ0n) is 8.25. The van der Waals surface area contributed by atoms with Gasteiger partial charge in [-0.2, -0.15) is 0 Å². The molecule has 16 heavy (non-hydrogen) atoms. The third-order valence-corrected chi connectivity index (χ3v) is 1.75. The van der Waals surface area contributed by atoms with Crippen molar-refractivity contribution in [3.05, 3.63) is 29.8 Å². The second-order valence-corrected chi connectivity index (χ2v) is 3.00. The average molecular weight is 222 g/mol. The molecule has 0 bridgehead atoms. The number of hydrogen-bond acceptors (Lipinski definition) is 4. The summed E-state index contributed by atoms with van der Waals surface area (Å²) in [5.41, 5.74) is 1.14. The first-order chi connectivity index (χ1) is 7.61. The lowest BCUT2D eigenvalue weighted by Crippen LogP contribution is -2.12. The van der Waals surface area contributed by atoms with Crippen molar-refractivity contribution < 1.29 is 19.9 Å². The van der Waals surface area contributed by atoms with Crippen LogP contribution in [-0.2, 0) is 16.0 Å². The predicted octanol–water partition coefficient (Wildman–Crippen LogP) is 0.712. The molecule has 0 aliphatic rings. The van der Waals surface area contributed by atoms with Gasteiger partial charge in [-0.05, 0) is 17.7 Å². The number of carbonyl (C=O) groups excluding carboxylic acids is 1. The van der Waals surface area contributed by atoms with Crippen molar-refractivity contribution in [3.63, 3.8) is 0 Å². The summed E-state index contributed by atoms with van der Waals surface area (Å²) >= 11 is 0. The van der Waals surface area contributed by atoms with Crippen LogP contribution in [-0.4, -0.2) is 28.4 Å². The minimum Gasteiger partial charge on any atom is -0.481 e. The van der Waals surface area contributed by atoms with Crippen LogP contribution in [0.5, 0.6) is 0 Å². The second kappa shape index (κ2) is 5.50. The maximum atomic E-state index is 11.0. The minimum absolute atomic E-state index is 0.0632. The van der Waals surface area contributed by atoms with Crippen LogP contribution in [0, 0.1) is 0 Å². The van der Waals surface area contributed by atoms with Crippen molar-refractivity contribution in [1.82, 2.24) is 0 Å². The maximum Gasteiger partial charge on any atom is 0.307 e. The normalized spacial score (nSPS) is 10.2. The molecule has 0 saturated heterocycles. The number of benzene rings is 1. The van der Waals surface area contributed by atoms with Gasteiger partial charge in [0.2, 0.25) is 0 Å². The van der Waals surface area contributed by atoms with E-state index in [-0.39, 0.29) is 6.42 Å². The zero-order valence-corrected chi connectivity index (χ0v) is 8.25. The first kappa shape index (κ1) is 11.7. The predicted molar refractivity (Wildman–Crippen MR) is 56.7 cm³/mol. The van der Waals surface area contributed by atoms with Crippen LogP contribution in [0.1, 0.15) is 5.56 Å². The fourth-order valence-corrected chi connectivity index (χ4v) is 1.11. The lowest BCUT2D eigenvalue weighted by molar-refractivity contribution is -0.136. The van der Waals surface area contributed by atoms with Gasteiger partial charge in [0.15, 0.2) is 0 Å². The van der Waals surface area contributed by atoms with E-state index < -0.39 is 11.9 Å². The van der Waals surface area contributed by atoms with Gasteiger partial charge in [-0.3, -0.25) is 9.59 Å². The Bertz CT molecular complexity index is 411. The molecular formula is C10H10N2O4. The molecular weight excluding hydrogens is 212 g/mol. The molecule has 84 valence electrons. The summed E-state index contributed by atoms with van der Waals surface area (Å²) in [5, 5.41) is 21.6. The van der Waals surface area contributed by atoms with Gasteiger partial charge in [-0.25, -0.2) is 0 Å². The Morgan fingerprint density at radius 1 is 1.31 bits per heavy atom. The Morgan fingerprint density at radius 2 is 1.94 bits per heavy atom. The van der Waals surface area contributed by atoms with Crippen molar-refractivity contribution in [1.29, 1.82) is 0 Å². The van der Waals surface area contributed by atoms with Crippen molar-refractivity contribution in [2.24, 2.45) is 5.16 Å². The topological polar surface area (TPSA) is 99.0 Å². The van der Waals surface area contributed by atoms with Gasteiger partial charge < -0.3 is 15.6 Å². The number of carbonyl (C=O) groups is 2. The fourth-order valence-electron chi connectivity index (χ4n) is 1.11. The molecule has 0 unspecified atom stereocenters. The number of carboxylic acid groups (broad SMARTS) is 1. The van der Waals surface area contributed by atoms with Gasteiger partial charge in [0.1, 0.15) is 6.21 Å². The molecule has 0 aliphatic heterocycles. The lowest BCUT2D eigenvalue weighted by atomic mass is 10.1. The molecule has 1 amide bonds. The van der Waals surface area contributed by atoms with Crippen LogP contribution in [0.15, 0.2) is 29.4 Å². The highest BCUT2D eigenvalue weighted by molar-refractivity contribution is 6.31. The summed E-state index contributed by atoms with van der Waals surface area (Å²) in [6.07, 6.45) is 0.664. The van der Waals surface area contributed by atoms with Crippen molar-refractivity contribution in [2.45, 2.75) is 6.42 Å². The van der Waals surface area contributed by atoms with E-state index in [9.17, 15) is 9.59 Å². The zero-order chi connectivity index (χ0) is 12.0. The van der Waals surface area contributed by atoms with E-state index in [1.165, 1.54) is 0 Å². The largest absolute Gasteiger partial charge is 0.481 e. The molecule has 0 radical (unpaired) electrons. The van der Waals surface area contributed by atoms with Gasteiger partial charge in [-0.1, -0.05) is 17.3 Å². The molecule has 0 fully saturated rings. The molecule has 1 aromatic carbocycles. The van der Waals surface area contributed by atoms with Crippen LogP contribution in [0.25, 0.3) is 0 Å². The Kier molecular flexibility index (Phi) is 4.02. The van der Waals surface area contributed by atoms with E-state index in [1.807, 2.05) is 0 Å². The van der Waals surface area contributed by atoms with Gasteiger partial charge in [0.25, 0.3) is 5.91 Å². The molecule has 6 nitrogen and oxygen atoms in total. The van der Waals surface area contributed by atoms with Crippen LogP contribution in [0.4, 0.5) is 5.69 Å². The van der Waals surface area contributed by atoms with E-state index >= 15 is 0 Å². The van der Waals surface area contributed by atoms with E-state index in [0.29, 0.717) is 11.3 Å². The van der Waals surface area contributed by atoms with E-state index in [0.717, 1.165) is 6.21 Å². The quantitative estimate of drug-likeness (QED) is 0.397. The van der Waals surface area contributed by atoms with E-state index in [1.54, 1.807) is 24.3 Å². The van der Waals surface area contributed by atoms with Crippen molar-refractivity contribution in [3.8, 4) is 0 Å². The Labute approximate surface area is 91.2 Å². The molecule has 0 aliphatic carbocycles. The van der Waals surface area contributed by atoms with Gasteiger partial charge in [-0.15, -0.1) is 0 Å². The number of carboxylic acids is 1. The van der Waals surface area contributed by atoms with Gasteiger partial charge in [0.05, 0.1) is 6.42 Å². The molecule has 1 rings (SSSR count). The summed E-state index contributed by atoms with van der Waals surface area (Å²) in [4.78, 5) is 21.4. The van der Waals surface area contributed by atoms with Crippen LogP contribution >= 0.6 is 0 Å². The standard InChI is InChI=1S/C10H10N2O4/c13-9(6-11-16)12-8-3-1-7(2-4-8)5-10(14)15/h1-4,6,16H,5H2,(H,12,13)(H,14,15)/b11-6+. The maximum absolute atomic E-state index is 11.0. The number of amides is 1. The minimum atomic E-state index is -0.913. The summed E-state index contributed by atoms with van der Waals surface area (Å²) in [7, 11) is 0. The Balaban J connectivity index is 2.64. The average Bonchev–Trinajstić information content (AvgIpc) is 2.20. The van der Waals surface area contributed by atoms with Gasteiger partial charge in [0, 0.05) is 5.69 Å². The molecule has 0 heterocycles. The molecule has 3 N–H and O–H groups in total. The molecule has 0 spiro atoms. The first-order valence-corrected chi connectivity index (χ1v) is 4.41. The third-order valence-electron chi connectivity index (χ3n) is 1.75. The third kappa shape index (κ3) is 3.79. The number of aliphatic carboxylic acids is 1. The smallest absolute Gasteiger partial charge is 0.307 e. The second-order valence-electron chi connectivity index (χ2n) is 3.00. The monoisotopic (exact) mass is 222 g/mol. The molecule has 0 saturated carbocycles. The lowest BCUT2D eigenvalue weighted by Gasteiger charge is -2.02. The Morgan fingerprint density at radius 3 is 2.44 bits per heavy atom. The highest BCUT2D eigenvalue weighted by Gasteiger charge is 2.01. The van der Waals surface area contributed by atoms with Crippen LogP contribution in [0.2, 0.25) is 0 Å². The summed E-state index contributed by atoms with van der Waals surface area (Å²) < 4.78 is 0. The van der Waals surface area contributed by atoms with Crippen molar-refractivity contribution >= 4 is 23.8 Å². The number of anilines is 1. The summed E-state index contributed by atoms with van der Waals surface area (Å²) in [5.74, 6) is -1.47. The number of hydrogen-bond donors (Lipinski definition) is 3. The van der Waals surface area contributed by atoms with E-state index in [4.69, 9.17) is 10.3 Å². The molecule has 0 atom stereocenters. The fraction of sp³-hybridized carbons (Fsp3) is 0.100. The molecule has 1 aromatic rings. The number of oxime groups is 1. The van der Waals surface area contributed by atoms with E-state index in [2.05, 4.69) is 10.5 Å². The van der Waals surface area contributed by atoms with Crippen LogP contribution in [0.3, 0.4) is 0 Å². The first-order valence-electron chi connectivity index (χ1n) is 4.41. The molecule has 6 heteroatoms. The number of nitrogens with one attached hydrogen (secondary N) is 1. The molecule has 0 aromatic heterocycles. The SMILES string of the molecule is O=C(O)Cc1ccc(NC(=O)/C=N/O)cc1. The summed E-state index contributed by atoms with van der Waals surface area (Å²) in [6, 6.07) is 6.34. The van der Waals surface area contributed by atoms with Crippen LogP contribution < -0.4 is 5.32 Å². The highest BCUT2D eigenvalue weighted by Crippen LogP contribution is 2.09. The van der Waals surface area contributed by atoms with Gasteiger partial charge >= 0.3 is 5.97 Å². The Hall–Kier alpha value is -2.37. The number of rotatable bonds is 4. The number of nitrogens with zero attached hydrogens (tertiary/aromatic N) is 1. The summed E-state index contributed by atoms with van der Waals surface area (Å²) in [6.45, 7) is 0. The highest BCUT2D eigenvalue weighted by atomic mass is 16.4.